The summed E-state index contributed by atoms with van der Waals surface area (Å²) >= 11 is 1.51. The quantitative estimate of drug-likeness (QED) is 0.763. The summed E-state index contributed by atoms with van der Waals surface area (Å²) in [5.74, 6) is -2.15. The van der Waals surface area contributed by atoms with Crippen LogP contribution in [0.3, 0.4) is 0 Å². The molecule has 6 heteroatoms. The number of carbonyl (C=O) groups excluding carboxylic acids is 1. The third-order valence-corrected chi connectivity index (χ3v) is 4.33. The molecule has 1 heterocycles. The normalized spacial score (nSPS) is 10.5. The number of hydrogen-bond donors (Lipinski definition) is 0. The molecule has 2 rings (SSSR count). The predicted molar refractivity (Wildman–Crippen MR) is 82.5 cm³/mol. The maximum absolute atomic E-state index is 13.8. The average molecular weight is 322 g/mol. The minimum atomic E-state index is -0.918. The van der Waals surface area contributed by atoms with Crippen LogP contribution in [0, 0.1) is 18.6 Å². The third kappa shape index (κ3) is 3.76. The fourth-order valence-electron chi connectivity index (χ4n) is 2.08. The van der Waals surface area contributed by atoms with Crippen molar-refractivity contribution in [1.82, 2.24) is 9.88 Å². The first-order valence-corrected chi connectivity index (χ1v) is 7.64. The van der Waals surface area contributed by atoms with Crippen LogP contribution in [0.1, 0.15) is 16.1 Å². The number of amides is 1. The van der Waals surface area contributed by atoms with Gasteiger partial charge in [-0.1, -0.05) is 18.7 Å². The van der Waals surface area contributed by atoms with Crippen molar-refractivity contribution in [2.75, 3.05) is 6.54 Å². The molecule has 0 N–H and O–H groups in total. The van der Waals surface area contributed by atoms with Gasteiger partial charge in [-0.25, -0.2) is 13.8 Å². The van der Waals surface area contributed by atoms with Crippen molar-refractivity contribution in [2.45, 2.75) is 19.9 Å². The minimum absolute atomic E-state index is 0.00625. The number of rotatable bonds is 6. The lowest BCUT2D eigenvalue weighted by Crippen LogP contribution is -2.31. The van der Waals surface area contributed by atoms with Gasteiger partial charge in [0.2, 0.25) is 5.91 Å². The summed E-state index contributed by atoms with van der Waals surface area (Å²) in [6.45, 7) is 5.76. The molecule has 1 aromatic heterocycles. The first kappa shape index (κ1) is 16.3. The van der Waals surface area contributed by atoms with Crippen LogP contribution in [0.4, 0.5) is 8.78 Å². The van der Waals surface area contributed by atoms with Gasteiger partial charge in [0, 0.05) is 30.0 Å². The van der Waals surface area contributed by atoms with Crippen LogP contribution in [-0.2, 0) is 17.8 Å². The van der Waals surface area contributed by atoms with E-state index in [0.717, 1.165) is 16.6 Å². The highest BCUT2D eigenvalue weighted by atomic mass is 32.1. The number of aryl methyl sites for hydroxylation is 1. The molecule has 0 saturated carbocycles. The van der Waals surface area contributed by atoms with Crippen molar-refractivity contribution in [3.63, 3.8) is 0 Å². The number of carbonyl (C=O) groups is 1. The van der Waals surface area contributed by atoms with E-state index in [2.05, 4.69) is 11.6 Å². The lowest BCUT2D eigenvalue weighted by atomic mass is 10.1. The smallest absolute Gasteiger partial charge is 0.246 e. The molecule has 22 heavy (non-hydrogen) atoms. The number of nitrogens with zero attached hydrogens (tertiary/aromatic N) is 2. The molecule has 3 nitrogen and oxygen atoms in total. The Labute approximate surface area is 131 Å². The lowest BCUT2D eigenvalue weighted by Gasteiger charge is -2.21. The van der Waals surface area contributed by atoms with Crippen molar-refractivity contribution in [3.05, 3.63) is 64.1 Å². The second-order valence-electron chi connectivity index (χ2n) is 4.79. The van der Waals surface area contributed by atoms with Gasteiger partial charge in [0.15, 0.2) is 11.6 Å². The van der Waals surface area contributed by atoms with Crippen LogP contribution in [-0.4, -0.2) is 22.3 Å². The number of benzene rings is 1. The summed E-state index contributed by atoms with van der Waals surface area (Å²) in [6.07, 6.45) is 1.80. The topological polar surface area (TPSA) is 33.2 Å². The molecule has 2 aromatic rings. The van der Waals surface area contributed by atoms with Gasteiger partial charge in [0.25, 0.3) is 0 Å². The SMILES string of the molecule is C=CC(=O)N(CCc1scnc1C)Cc1cccc(F)c1F. The number of thiazole rings is 1. The molecule has 1 amide bonds. The number of aromatic nitrogens is 1. The van der Waals surface area contributed by atoms with Gasteiger partial charge in [0.05, 0.1) is 11.2 Å². The first-order valence-electron chi connectivity index (χ1n) is 6.76. The Kier molecular flexibility index (Phi) is 5.38. The van der Waals surface area contributed by atoms with Crippen LogP contribution >= 0.6 is 11.3 Å². The Hall–Kier alpha value is -2.08. The van der Waals surface area contributed by atoms with Crippen LogP contribution in [0.15, 0.2) is 36.4 Å². The Morgan fingerprint density at radius 2 is 2.23 bits per heavy atom. The van der Waals surface area contributed by atoms with Crippen LogP contribution in [0.5, 0.6) is 0 Å². The van der Waals surface area contributed by atoms with Gasteiger partial charge < -0.3 is 4.90 Å². The molecular formula is C16H16F2N2OS. The largest absolute Gasteiger partial charge is 0.334 e. The van der Waals surface area contributed by atoms with Gasteiger partial charge in [-0.2, -0.15) is 0 Å². The summed E-state index contributed by atoms with van der Waals surface area (Å²) < 4.78 is 27.0. The fourth-order valence-corrected chi connectivity index (χ4v) is 2.85. The lowest BCUT2D eigenvalue weighted by molar-refractivity contribution is -0.126. The summed E-state index contributed by atoms with van der Waals surface area (Å²) in [6, 6.07) is 3.95. The van der Waals surface area contributed by atoms with E-state index < -0.39 is 11.6 Å². The molecule has 0 radical (unpaired) electrons. The van der Waals surface area contributed by atoms with Crippen LogP contribution in [0.25, 0.3) is 0 Å². The highest BCUT2D eigenvalue weighted by Gasteiger charge is 2.16. The minimum Gasteiger partial charge on any atom is -0.334 e. The van der Waals surface area contributed by atoms with Crippen LogP contribution < -0.4 is 0 Å². The van der Waals surface area contributed by atoms with Gasteiger partial charge >= 0.3 is 0 Å². The van der Waals surface area contributed by atoms with Gasteiger partial charge in [-0.05, 0) is 19.1 Å². The molecule has 0 aliphatic heterocycles. The van der Waals surface area contributed by atoms with E-state index in [4.69, 9.17) is 0 Å². The summed E-state index contributed by atoms with van der Waals surface area (Å²) in [5.41, 5.74) is 2.82. The van der Waals surface area contributed by atoms with Gasteiger partial charge in [-0.3, -0.25) is 4.79 Å². The average Bonchev–Trinajstić information content (AvgIpc) is 2.92. The predicted octanol–water partition coefficient (Wildman–Crippen LogP) is 3.49. The van der Waals surface area contributed by atoms with E-state index in [1.54, 1.807) is 5.51 Å². The molecule has 0 fully saturated rings. The number of hydrogen-bond acceptors (Lipinski definition) is 3. The van der Waals surface area contributed by atoms with E-state index in [0.29, 0.717) is 13.0 Å². The molecule has 0 saturated heterocycles. The zero-order valence-electron chi connectivity index (χ0n) is 12.2. The molecule has 0 atom stereocenters. The van der Waals surface area contributed by atoms with E-state index >= 15 is 0 Å². The van der Waals surface area contributed by atoms with Crippen LogP contribution in [0.2, 0.25) is 0 Å². The van der Waals surface area contributed by atoms with E-state index in [1.807, 2.05) is 6.92 Å². The molecule has 0 unspecified atom stereocenters. The van der Waals surface area contributed by atoms with Crippen molar-refractivity contribution >= 4 is 17.2 Å². The second kappa shape index (κ2) is 7.26. The summed E-state index contributed by atoms with van der Waals surface area (Å²) in [5, 5.41) is 0. The molecule has 0 spiro atoms. The van der Waals surface area contributed by atoms with Crippen molar-refractivity contribution in [2.24, 2.45) is 0 Å². The highest BCUT2D eigenvalue weighted by Crippen LogP contribution is 2.17. The molecule has 0 aliphatic rings. The zero-order chi connectivity index (χ0) is 16.1. The molecule has 0 bridgehead atoms. The first-order chi connectivity index (χ1) is 10.5. The Morgan fingerprint density at radius 3 is 2.86 bits per heavy atom. The van der Waals surface area contributed by atoms with Gasteiger partial charge in [-0.15, -0.1) is 11.3 Å². The maximum atomic E-state index is 13.8. The maximum Gasteiger partial charge on any atom is 0.246 e. The van der Waals surface area contributed by atoms with E-state index in [9.17, 15) is 13.6 Å². The molecule has 0 aliphatic carbocycles. The zero-order valence-corrected chi connectivity index (χ0v) is 13.0. The van der Waals surface area contributed by atoms with E-state index in [-0.39, 0.29) is 18.0 Å². The summed E-state index contributed by atoms with van der Waals surface area (Å²) in [4.78, 5) is 18.6. The molecular weight excluding hydrogens is 306 g/mol. The number of halogens is 2. The monoisotopic (exact) mass is 322 g/mol. The Morgan fingerprint density at radius 1 is 1.45 bits per heavy atom. The fraction of sp³-hybridized carbons (Fsp3) is 0.250. The molecule has 1 aromatic carbocycles. The highest BCUT2D eigenvalue weighted by molar-refractivity contribution is 7.09. The Bertz CT molecular complexity index is 685. The van der Waals surface area contributed by atoms with E-state index in [1.165, 1.54) is 34.4 Å². The molecule has 116 valence electrons. The van der Waals surface area contributed by atoms with Crippen molar-refractivity contribution < 1.29 is 13.6 Å². The standard InChI is InChI=1S/C16H16F2N2OS/c1-3-15(21)20(8-7-14-11(2)19-10-22-14)9-12-5-4-6-13(17)16(12)18/h3-6,10H,1,7-9H2,2H3. The Balaban J connectivity index is 2.13. The third-order valence-electron chi connectivity index (χ3n) is 3.33. The second-order valence-corrected chi connectivity index (χ2v) is 5.73. The summed E-state index contributed by atoms with van der Waals surface area (Å²) in [7, 11) is 0. The van der Waals surface area contributed by atoms with Gasteiger partial charge in [0.1, 0.15) is 0 Å². The van der Waals surface area contributed by atoms with Crippen molar-refractivity contribution in [1.29, 1.82) is 0 Å². The van der Waals surface area contributed by atoms with Crippen molar-refractivity contribution in [3.8, 4) is 0 Å².